The number of rotatable bonds is 3. The number of nitrogens with one attached hydrogen (secondary N) is 1. The topological polar surface area (TPSA) is 62.5 Å². The van der Waals surface area contributed by atoms with Crippen molar-refractivity contribution >= 4 is 17.5 Å². The molecule has 2 aromatic heterocycles. The lowest BCUT2D eigenvalue weighted by Crippen LogP contribution is -2.27. The molecule has 2 heterocycles. The van der Waals surface area contributed by atoms with Gasteiger partial charge in [-0.25, -0.2) is 19.2 Å². The van der Waals surface area contributed by atoms with Gasteiger partial charge in [-0.2, -0.15) is 0 Å². The Labute approximate surface area is 145 Å². The van der Waals surface area contributed by atoms with Crippen molar-refractivity contribution in [2.75, 3.05) is 19.4 Å². The third kappa shape index (κ3) is 3.45. The first kappa shape index (κ1) is 16.9. The van der Waals surface area contributed by atoms with Crippen LogP contribution in [0.4, 0.5) is 14.9 Å². The van der Waals surface area contributed by atoms with Gasteiger partial charge in [-0.3, -0.25) is 4.40 Å². The largest absolute Gasteiger partial charge is 0.331 e. The quantitative estimate of drug-likeness (QED) is 0.789. The van der Waals surface area contributed by atoms with Crippen LogP contribution in [0.15, 0.2) is 36.8 Å². The van der Waals surface area contributed by atoms with E-state index in [1.54, 1.807) is 37.0 Å². The predicted octanol–water partition coefficient (Wildman–Crippen LogP) is 3.75. The van der Waals surface area contributed by atoms with Crippen molar-refractivity contribution in [1.29, 1.82) is 0 Å². The summed E-state index contributed by atoms with van der Waals surface area (Å²) in [6.45, 7) is 4.16. The maximum absolute atomic E-state index is 14.3. The third-order valence-corrected chi connectivity index (χ3v) is 3.90. The summed E-state index contributed by atoms with van der Waals surface area (Å²) in [6.07, 6.45) is 5.46. The number of carbonyl (C=O) groups excluding carboxylic acids is 1. The fourth-order valence-corrected chi connectivity index (χ4v) is 2.36. The molecule has 0 bridgehead atoms. The van der Waals surface area contributed by atoms with Gasteiger partial charge in [-0.1, -0.05) is 13.8 Å². The molecule has 1 N–H and O–H groups in total. The average molecular weight is 341 g/mol. The molecule has 0 saturated heterocycles. The molecule has 0 atom stereocenters. The first-order chi connectivity index (χ1) is 11.8. The molecule has 0 aliphatic rings. The van der Waals surface area contributed by atoms with E-state index in [0.717, 1.165) is 5.56 Å². The Balaban J connectivity index is 2.00. The highest BCUT2D eigenvalue weighted by molar-refractivity contribution is 5.89. The molecular formula is C18H20FN5O. The molecule has 0 aliphatic heterocycles. The van der Waals surface area contributed by atoms with E-state index in [4.69, 9.17) is 0 Å². The zero-order valence-corrected chi connectivity index (χ0v) is 14.6. The second-order valence-electron chi connectivity index (χ2n) is 6.39. The van der Waals surface area contributed by atoms with Crippen molar-refractivity contribution < 1.29 is 9.18 Å². The second-order valence-corrected chi connectivity index (χ2v) is 6.39. The Hall–Kier alpha value is -2.96. The Morgan fingerprint density at radius 1 is 1.28 bits per heavy atom. The SMILES string of the molecule is CC(C)c1cnc2nc(-c3cc(NC(=O)N(C)C)ccc3F)cn2c1. The molecule has 7 heteroatoms. The van der Waals surface area contributed by atoms with Crippen molar-refractivity contribution in [2.24, 2.45) is 0 Å². The molecule has 0 aliphatic carbocycles. The molecule has 0 radical (unpaired) electrons. The van der Waals surface area contributed by atoms with Crippen molar-refractivity contribution in [3.05, 3.63) is 48.2 Å². The van der Waals surface area contributed by atoms with Crippen LogP contribution in [-0.4, -0.2) is 39.4 Å². The molecule has 0 spiro atoms. The Morgan fingerprint density at radius 2 is 2.04 bits per heavy atom. The van der Waals surface area contributed by atoms with Crippen molar-refractivity contribution in [3.63, 3.8) is 0 Å². The lowest BCUT2D eigenvalue weighted by molar-refractivity contribution is 0.230. The molecule has 0 saturated carbocycles. The van der Waals surface area contributed by atoms with Gasteiger partial charge in [0.1, 0.15) is 5.82 Å². The molecule has 3 aromatic rings. The van der Waals surface area contributed by atoms with Crippen LogP contribution in [0.25, 0.3) is 17.0 Å². The fraction of sp³-hybridized carbons (Fsp3) is 0.278. The average Bonchev–Trinajstić information content (AvgIpc) is 2.99. The van der Waals surface area contributed by atoms with E-state index in [-0.39, 0.29) is 6.03 Å². The number of imidazole rings is 1. The normalized spacial score (nSPS) is 11.1. The Bertz CT molecular complexity index is 932. The van der Waals surface area contributed by atoms with Crippen LogP contribution in [0.3, 0.4) is 0 Å². The maximum atomic E-state index is 14.3. The van der Waals surface area contributed by atoms with Gasteiger partial charge in [-0.05, 0) is 29.7 Å². The van der Waals surface area contributed by atoms with Crippen LogP contribution in [0.5, 0.6) is 0 Å². The minimum atomic E-state index is -0.407. The fourth-order valence-electron chi connectivity index (χ4n) is 2.36. The lowest BCUT2D eigenvalue weighted by Gasteiger charge is -2.12. The van der Waals surface area contributed by atoms with Crippen LogP contribution in [-0.2, 0) is 0 Å². The highest BCUT2D eigenvalue weighted by atomic mass is 19.1. The monoisotopic (exact) mass is 341 g/mol. The number of hydrogen-bond donors (Lipinski definition) is 1. The summed E-state index contributed by atoms with van der Waals surface area (Å²) in [5.41, 5.74) is 2.35. The van der Waals surface area contributed by atoms with Gasteiger partial charge in [0.15, 0.2) is 0 Å². The van der Waals surface area contributed by atoms with Gasteiger partial charge in [0.2, 0.25) is 5.78 Å². The summed E-state index contributed by atoms with van der Waals surface area (Å²) in [6, 6.07) is 4.13. The molecule has 0 fully saturated rings. The minimum absolute atomic E-state index is 0.282. The lowest BCUT2D eigenvalue weighted by atomic mass is 10.1. The number of aromatic nitrogens is 3. The summed E-state index contributed by atoms with van der Waals surface area (Å²) < 4.78 is 16.1. The van der Waals surface area contributed by atoms with Gasteiger partial charge in [0.25, 0.3) is 0 Å². The van der Waals surface area contributed by atoms with E-state index < -0.39 is 5.82 Å². The number of carbonyl (C=O) groups is 1. The zero-order chi connectivity index (χ0) is 18.1. The molecule has 130 valence electrons. The number of anilines is 1. The molecular weight excluding hydrogens is 321 g/mol. The third-order valence-electron chi connectivity index (χ3n) is 3.90. The molecule has 6 nitrogen and oxygen atoms in total. The van der Waals surface area contributed by atoms with Crippen LogP contribution < -0.4 is 5.32 Å². The van der Waals surface area contributed by atoms with Crippen molar-refractivity contribution in [2.45, 2.75) is 19.8 Å². The molecule has 3 rings (SSSR count). The van der Waals surface area contributed by atoms with Crippen LogP contribution in [0, 0.1) is 5.82 Å². The molecule has 1 aromatic carbocycles. The maximum Gasteiger partial charge on any atom is 0.321 e. The summed E-state index contributed by atoms with van der Waals surface area (Å²) in [7, 11) is 3.28. The number of benzene rings is 1. The standard InChI is InChI=1S/C18H20FN5O/c1-11(2)12-8-20-17-22-16(10-24(17)9-12)14-7-13(5-6-15(14)19)21-18(25)23(3)4/h5-11H,1-4H3,(H,21,25). The van der Waals surface area contributed by atoms with Gasteiger partial charge in [0.05, 0.1) is 5.69 Å². The zero-order valence-electron chi connectivity index (χ0n) is 14.6. The smallest absolute Gasteiger partial charge is 0.321 e. The molecule has 0 unspecified atom stereocenters. The first-order valence-corrected chi connectivity index (χ1v) is 7.98. The highest BCUT2D eigenvalue weighted by Crippen LogP contribution is 2.26. The van der Waals surface area contributed by atoms with Crippen molar-refractivity contribution in [3.8, 4) is 11.3 Å². The number of amides is 2. The number of urea groups is 1. The van der Waals surface area contributed by atoms with E-state index in [2.05, 4.69) is 29.1 Å². The van der Waals surface area contributed by atoms with Gasteiger partial charge in [0, 0.05) is 43.9 Å². The summed E-state index contributed by atoms with van der Waals surface area (Å²) in [5, 5.41) is 2.71. The predicted molar refractivity (Wildman–Crippen MR) is 95.2 cm³/mol. The minimum Gasteiger partial charge on any atom is -0.331 e. The van der Waals surface area contributed by atoms with E-state index in [1.165, 1.54) is 17.0 Å². The first-order valence-electron chi connectivity index (χ1n) is 7.98. The summed E-state index contributed by atoms with van der Waals surface area (Å²) in [4.78, 5) is 21.9. The van der Waals surface area contributed by atoms with E-state index >= 15 is 0 Å². The van der Waals surface area contributed by atoms with Gasteiger partial charge in [-0.15, -0.1) is 0 Å². The number of halogens is 1. The number of fused-ring (bicyclic) bond motifs is 1. The van der Waals surface area contributed by atoms with E-state index in [1.807, 2.05) is 6.20 Å². The summed E-state index contributed by atoms with van der Waals surface area (Å²) >= 11 is 0. The molecule has 2 amide bonds. The summed E-state index contributed by atoms with van der Waals surface area (Å²) in [5.74, 6) is 0.431. The van der Waals surface area contributed by atoms with Crippen LogP contribution in [0.2, 0.25) is 0 Å². The van der Waals surface area contributed by atoms with Crippen LogP contribution in [0.1, 0.15) is 25.3 Å². The number of hydrogen-bond acceptors (Lipinski definition) is 3. The van der Waals surface area contributed by atoms with Crippen molar-refractivity contribution in [1.82, 2.24) is 19.3 Å². The molecule has 25 heavy (non-hydrogen) atoms. The van der Waals surface area contributed by atoms with Gasteiger partial charge < -0.3 is 10.2 Å². The highest BCUT2D eigenvalue weighted by Gasteiger charge is 2.13. The Kier molecular flexibility index (Phi) is 4.39. The number of nitrogens with zero attached hydrogens (tertiary/aromatic N) is 4. The Morgan fingerprint density at radius 3 is 2.72 bits per heavy atom. The van der Waals surface area contributed by atoms with E-state index in [9.17, 15) is 9.18 Å². The second kappa shape index (κ2) is 6.51. The van der Waals surface area contributed by atoms with E-state index in [0.29, 0.717) is 28.6 Å². The van der Waals surface area contributed by atoms with Crippen LogP contribution >= 0.6 is 0 Å². The van der Waals surface area contributed by atoms with Gasteiger partial charge >= 0.3 is 6.03 Å².